The summed E-state index contributed by atoms with van der Waals surface area (Å²) in [7, 11) is 0. The van der Waals surface area contributed by atoms with Crippen molar-refractivity contribution in [3.63, 3.8) is 0 Å². The molecule has 2 heterocycles. The van der Waals surface area contributed by atoms with Gasteiger partial charge < -0.3 is 11.1 Å². The molecule has 2 fully saturated rings. The number of hydrogen-bond donors (Lipinski definition) is 2. The van der Waals surface area contributed by atoms with Crippen molar-refractivity contribution in [3.8, 4) is 0 Å². The smallest absolute Gasteiger partial charge is 0.364 e. The molecule has 2 aliphatic rings. The minimum absolute atomic E-state index is 0.0826. The van der Waals surface area contributed by atoms with E-state index in [-0.39, 0.29) is 33.7 Å². The Bertz CT molecular complexity index is 1120. The van der Waals surface area contributed by atoms with Gasteiger partial charge in [-0.2, -0.15) is 18.3 Å². The van der Waals surface area contributed by atoms with E-state index in [2.05, 4.69) is 31.3 Å². The van der Waals surface area contributed by atoms with E-state index in [9.17, 15) is 22.8 Å². The van der Waals surface area contributed by atoms with Gasteiger partial charge in [0.25, 0.3) is 5.91 Å². The van der Waals surface area contributed by atoms with Crippen LogP contribution in [0.5, 0.6) is 0 Å². The Morgan fingerprint density at radius 3 is 2.16 bits per heavy atom. The van der Waals surface area contributed by atoms with Gasteiger partial charge in [-0.05, 0) is 52.7 Å². The van der Waals surface area contributed by atoms with E-state index in [0.29, 0.717) is 12.1 Å². The highest BCUT2D eigenvalue weighted by Crippen LogP contribution is 2.48. The summed E-state index contributed by atoms with van der Waals surface area (Å²) in [4.78, 5) is 30.4. The monoisotopic (exact) mass is 597 g/mol. The Hall–Kier alpha value is -2.43. The number of alkyl halides is 3. The van der Waals surface area contributed by atoms with E-state index >= 15 is 0 Å². The molecule has 0 bridgehead atoms. The number of nitrogens with zero attached hydrogens (tertiary/aromatic N) is 3. The molecule has 0 saturated heterocycles. The van der Waals surface area contributed by atoms with E-state index in [1.807, 2.05) is 6.92 Å². The van der Waals surface area contributed by atoms with Gasteiger partial charge in [0, 0.05) is 16.6 Å². The van der Waals surface area contributed by atoms with Gasteiger partial charge >= 0.3 is 6.18 Å². The average Bonchev–Trinajstić information content (AvgIpc) is 3.32. The highest BCUT2D eigenvalue weighted by Gasteiger charge is 2.43. The van der Waals surface area contributed by atoms with Crippen LogP contribution in [0.3, 0.4) is 0 Å². The average molecular weight is 599 g/mol. The standard InChI is InChI=1S/C27H35BrF3N5O2/c1-2-36-23(25(32)37)18(15-33-36)22(21(16-9-5-3-6-10-16)17-11-7-4-8-12-17)26(38)35-20-14-13-19(28)24(34-20)27(29,30)31/h13-17,21-22H,2-12H2,1H3,(H2,32,37)(H,34,35,38)/t22-/m1/s1. The Morgan fingerprint density at radius 2 is 1.66 bits per heavy atom. The summed E-state index contributed by atoms with van der Waals surface area (Å²) in [6.07, 6.45) is 7.36. The minimum atomic E-state index is -4.69. The van der Waals surface area contributed by atoms with Crippen molar-refractivity contribution in [2.45, 2.75) is 89.8 Å². The molecule has 38 heavy (non-hydrogen) atoms. The maximum Gasteiger partial charge on any atom is 0.434 e. The molecule has 1 atom stereocenters. The van der Waals surface area contributed by atoms with Gasteiger partial charge in [0.05, 0.1) is 12.1 Å². The molecule has 0 aliphatic heterocycles. The van der Waals surface area contributed by atoms with Crippen molar-refractivity contribution in [3.05, 3.63) is 39.8 Å². The Kier molecular flexibility index (Phi) is 9.15. The summed E-state index contributed by atoms with van der Waals surface area (Å²) in [6, 6.07) is 2.57. The number of pyridine rings is 1. The first-order valence-corrected chi connectivity index (χ1v) is 14.3. The van der Waals surface area contributed by atoms with E-state index in [1.54, 1.807) is 6.20 Å². The number of rotatable bonds is 8. The normalized spacial score (nSPS) is 18.5. The third-order valence-corrected chi connectivity index (χ3v) is 8.80. The van der Waals surface area contributed by atoms with Gasteiger partial charge in [0.15, 0.2) is 5.69 Å². The quantitative estimate of drug-likeness (QED) is 0.354. The fourth-order valence-corrected chi connectivity index (χ4v) is 6.99. The highest BCUT2D eigenvalue weighted by molar-refractivity contribution is 9.10. The largest absolute Gasteiger partial charge is 0.434 e. The number of carbonyl (C=O) groups excluding carboxylic acids is 2. The summed E-state index contributed by atoms with van der Waals surface area (Å²) >= 11 is 2.90. The zero-order valence-electron chi connectivity index (χ0n) is 21.6. The molecule has 2 aromatic heterocycles. The van der Waals surface area contributed by atoms with Crippen molar-refractivity contribution in [1.82, 2.24) is 14.8 Å². The van der Waals surface area contributed by atoms with Crippen LogP contribution in [0, 0.1) is 17.8 Å². The van der Waals surface area contributed by atoms with E-state index in [0.717, 1.165) is 64.2 Å². The second-order valence-corrected chi connectivity index (χ2v) is 11.3. The number of aromatic nitrogens is 3. The fraction of sp³-hybridized carbons (Fsp3) is 0.630. The van der Waals surface area contributed by atoms with Crippen LogP contribution >= 0.6 is 15.9 Å². The summed E-state index contributed by atoms with van der Waals surface area (Å²) in [5.74, 6) is -1.69. The molecule has 0 unspecified atom stereocenters. The number of nitrogens with two attached hydrogens (primary N) is 1. The maximum absolute atomic E-state index is 14.1. The van der Waals surface area contributed by atoms with Crippen molar-refractivity contribution in [2.75, 3.05) is 5.32 Å². The third-order valence-electron chi connectivity index (χ3n) is 8.16. The molecule has 2 aliphatic carbocycles. The van der Waals surface area contributed by atoms with Crippen LogP contribution in [0.4, 0.5) is 19.0 Å². The molecule has 208 valence electrons. The van der Waals surface area contributed by atoms with Crippen LogP contribution in [0.15, 0.2) is 22.8 Å². The molecule has 3 N–H and O–H groups in total. The van der Waals surface area contributed by atoms with Crippen LogP contribution in [0.1, 0.15) is 98.8 Å². The molecule has 7 nitrogen and oxygen atoms in total. The zero-order valence-corrected chi connectivity index (χ0v) is 23.2. The molecular formula is C27H35BrF3N5O2. The van der Waals surface area contributed by atoms with Crippen molar-refractivity contribution in [2.24, 2.45) is 23.5 Å². The number of carbonyl (C=O) groups is 2. The lowest BCUT2D eigenvalue weighted by Crippen LogP contribution is -2.39. The molecule has 0 spiro atoms. The first kappa shape index (κ1) is 28.6. The fourth-order valence-electron chi connectivity index (χ4n) is 6.54. The molecule has 2 saturated carbocycles. The van der Waals surface area contributed by atoms with E-state index < -0.39 is 29.6 Å². The van der Waals surface area contributed by atoms with E-state index in [4.69, 9.17) is 5.73 Å². The Balaban J connectivity index is 1.80. The zero-order chi connectivity index (χ0) is 27.4. The van der Waals surface area contributed by atoms with Crippen molar-refractivity contribution < 1.29 is 22.8 Å². The van der Waals surface area contributed by atoms with Crippen LogP contribution in [0.25, 0.3) is 0 Å². The minimum Gasteiger partial charge on any atom is -0.364 e. The number of hydrogen-bond acceptors (Lipinski definition) is 4. The van der Waals surface area contributed by atoms with Gasteiger partial charge in [0.1, 0.15) is 11.5 Å². The molecule has 2 aromatic rings. The lowest BCUT2D eigenvalue weighted by atomic mass is 9.63. The molecule has 0 aromatic carbocycles. The third kappa shape index (κ3) is 6.24. The molecular weight excluding hydrogens is 563 g/mol. The summed E-state index contributed by atoms with van der Waals surface area (Å²) < 4.78 is 41.8. The van der Waals surface area contributed by atoms with Gasteiger partial charge in [-0.25, -0.2) is 4.98 Å². The SMILES string of the molecule is CCn1ncc([C@@H](C(=O)Nc2ccc(Br)c(C(F)(F)F)n2)C(C2CCCCC2)C2CCCCC2)c1C(N)=O. The van der Waals surface area contributed by atoms with E-state index in [1.165, 1.54) is 16.8 Å². The van der Waals surface area contributed by atoms with Gasteiger partial charge in [-0.15, -0.1) is 0 Å². The lowest BCUT2D eigenvalue weighted by molar-refractivity contribution is -0.141. The summed E-state index contributed by atoms with van der Waals surface area (Å²) in [5, 5.41) is 7.03. The Labute approximate surface area is 229 Å². The van der Waals surface area contributed by atoms with Crippen LogP contribution in [-0.4, -0.2) is 26.6 Å². The van der Waals surface area contributed by atoms with Crippen molar-refractivity contribution >= 4 is 33.6 Å². The number of nitrogens with one attached hydrogen (secondary N) is 1. The molecule has 11 heteroatoms. The summed E-state index contributed by atoms with van der Waals surface area (Å²) in [5.41, 5.74) is 5.32. The number of primary amides is 1. The number of anilines is 1. The topological polar surface area (TPSA) is 103 Å². The molecule has 0 radical (unpaired) electrons. The second kappa shape index (κ2) is 12.2. The number of aryl methyl sites for hydroxylation is 1. The molecule has 4 rings (SSSR count). The highest BCUT2D eigenvalue weighted by atomic mass is 79.9. The first-order valence-electron chi connectivity index (χ1n) is 13.5. The second-order valence-electron chi connectivity index (χ2n) is 10.5. The number of amides is 2. The predicted octanol–water partition coefficient (Wildman–Crippen LogP) is 6.68. The van der Waals surface area contributed by atoms with Crippen LogP contribution in [-0.2, 0) is 17.5 Å². The van der Waals surface area contributed by atoms with Gasteiger partial charge in [-0.3, -0.25) is 14.3 Å². The number of halogens is 4. The van der Waals surface area contributed by atoms with Gasteiger partial charge in [-0.1, -0.05) is 64.2 Å². The lowest BCUT2D eigenvalue weighted by Gasteiger charge is -2.41. The van der Waals surface area contributed by atoms with Crippen molar-refractivity contribution in [1.29, 1.82) is 0 Å². The Morgan fingerprint density at radius 1 is 1.08 bits per heavy atom. The predicted molar refractivity (Wildman–Crippen MR) is 141 cm³/mol. The van der Waals surface area contributed by atoms with Gasteiger partial charge in [0.2, 0.25) is 5.91 Å². The van der Waals surface area contributed by atoms with Crippen LogP contribution < -0.4 is 11.1 Å². The first-order chi connectivity index (χ1) is 18.1. The maximum atomic E-state index is 14.1. The van der Waals surface area contributed by atoms with Crippen LogP contribution in [0.2, 0.25) is 0 Å². The molecule has 2 amide bonds. The summed E-state index contributed by atoms with van der Waals surface area (Å²) in [6.45, 7) is 2.23.